The smallest absolute Gasteiger partial charge is 0.407 e. The van der Waals surface area contributed by atoms with Gasteiger partial charge in [0.1, 0.15) is 17.5 Å². The van der Waals surface area contributed by atoms with Crippen molar-refractivity contribution in [2.45, 2.75) is 52.2 Å². The molecular formula is C18H26N4O2. The Balaban J connectivity index is 2.05. The topological polar surface area (TPSA) is 78.3 Å². The van der Waals surface area contributed by atoms with Crippen LogP contribution in [-0.2, 0) is 4.74 Å². The number of nitriles is 1. The standard InChI is InChI=1S/C18H26N4O2/c1-13-6-5-9-22(16-8-7-14(10-19)11-20-16)15(13)12-21-17(23)24-18(2,3)4/h7-8,11,13,15H,5-6,9,12H2,1-4H3,(H,21,23). The molecule has 2 unspecified atom stereocenters. The summed E-state index contributed by atoms with van der Waals surface area (Å²) in [7, 11) is 0. The van der Waals surface area contributed by atoms with Crippen LogP contribution in [0.5, 0.6) is 0 Å². The van der Waals surface area contributed by atoms with Crippen LogP contribution in [0.1, 0.15) is 46.1 Å². The summed E-state index contributed by atoms with van der Waals surface area (Å²) in [5.41, 5.74) is 0.0450. The van der Waals surface area contributed by atoms with Crippen LogP contribution < -0.4 is 10.2 Å². The Bertz CT molecular complexity index is 601. The number of hydrogen-bond donors (Lipinski definition) is 1. The zero-order valence-corrected chi connectivity index (χ0v) is 14.9. The van der Waals surface area contributed by atoms with Gasteiger partial charge in [0.2, 0.25) is 0 Å². The number of piperidine rings is 1. The van der Waals surface area contributed by atoms with Crippen LogP contribution in [0, 0.1) is 17.2 Å². The largest absolute Gasteiger partial charge is 0.444 e. The fraction of sp³-hybridized carbons (Fsp3) is 0.611. The van der Waals surface area contributed by atoms with E-state index in [1.54, 1.807) is 12.3 Å². The normalized spacial score (nSPS) is 21.0. The van der Waals surface area contributed by atoms with Gasteiger partial charge < -0.3 is 15.0 Å². The lowest BCUT2D eigenvalue weighted by Crippen LogP contribution is -2.51. The van der Waals surface area contributed by atoms with E-state index in [-0.39, 0.29) is 6.04 Å². The van der Waals surface area contributed by atoms with Crippen LogP contribution >= 0.6 is 0 Å². The molecule has 2 atom stereocenters. The minimum atomic E-state index is -0.503. The van der Waals surface area contributed by atoms with Gasteiger partial charge in [0.15, 0.2) is 0 Å². The number of rotatable bonds is 3. The maximum atomic E-state index is 11.9. The van der Waals surface area contributed by atoms with Crippen LogP contribution in [0.4, 0.5) is 10.6 Å². The highest BCUT2D eigenvalue weighted by Gasteiger charge is 2.30. The van der Waals surface area contributed by atoms with Crippen LogP contribution in [0.3, 0.4) is 0 Å². The molecule has 6 heteroatoms. The average molecular weight is 330 g/mol. The third-order valence-corrected chi connectivity index (χ3v) is 4.14. The van der Waals surface area contributed by atoms with Crippen LogP contribution in [0.2, 0.25) is 0 Å². The quantitative estimate of drug-likeness (QED) is 0.921. The number of amides is 1. The Morgan fingerprint density at radius 1 is 1.50 bits per heavy atom. The molecule has 2 rings (SSSR count). The molecule has 1 fully saturated rings. The molecule has 1 aromatic rings. The first-order valence-electron chi connectivity index (χ1n) is 8.40. The summed E-state index contributed by atoms with van der Waals surface area (Å²) in [6.07, 6.45) is 3.40. The summed E-state index contributed by atoms with van der Waals surface area (Å²) in [6.45, 7) is 9.15. The van der Waals surface area contributed by atoms with Gasteiger partial charge in [-0.25, -0.2) is 9.78 Å². The Hall–Kier alpha value is -2.29. The number of carbonyl (C=O) groups is 1. The maximum Gasteiger partial charge on any atom is 0.407 e. The Kier molecular flexibility index (Phi) is 5.66. The molecule has 1 amide bonds. The third-order valence-electron chi connectivity index (χ3n) is 4.14. The average Bonchev–Trinajstić information content (AvgIpc) is 2.52. The number of alkyl carbamates (subject to hydrolysis) is 1. The van der Waals surface area contributed by atoms with Crippen molar-refractivity contribution in [2.75, 3.05) is 18.0 Å². The van der Waals surface area contributed by atoms with E-state index >= 15 is 0 Å². The molecule has 1 saturated heterocycles. The molecular weight excluding hydrogens is 304 g/mol. The Morgan fingerprint density at radius 3 is 2.83 bits per heavy atom. The maximum absolute atomic E-state index is 11.9. The van der Waals surface area contributed by atoms with E-state index in [9.17, 15) is 4.79 Å². The van der Waals surface area contributed by atoms with Crippen molar-refractivity contribution in [2.24, 2.45) is 5.92 Å². The van der Waals surface area contributed by atoms with Gasteiger partial charge in [-0.15, -0.1) is 0 Å². The molecule has 0 aromatic carbocycles. The third kappa shape index (κ3) is 4.85. The zero-order valence-electron chi connectivity index (χ0n) is 14.9. The predicted molar refractivity (Wildman–Crippen MR) is 92.7 cm³/mol. The van der Waals surface area contributed by atoms with E-state index in [1.165, 1.54) is 0 Å². The molecule has 130 valence electrons. The Morgan fingerprint density at radius 2 is 2.25 bits per heavy atom. The van der Waals surface area contributed by atoms with Gasteiger partial charge in [0.25, 0.3) is 0 Å². The van der Waals surface area contributed by atoms with Gasteiger partial charge in [0.05, 0.1) is 11.6 Å². The summed E-state index contributed by atoms with van der Waals surface area (Å²) in [5.74, 6) is 1.28. The fourth-order valence-corrected chi connectivity index (χ4v) is 2.97. The summed E-state index contributed by atoms with van der Waals surface area (Å²) < 4.78 is 5.32. The second kappa shape index (κ2) is 7.52. The molecule has 24 heavy (non-hydrogen) atoms. The van der Waals surface area contributed by atoms with E-state index in [0.717, 1.165) is 25.2 Å². The SMILES string of the molecule is CC1CCCN(c2ccc(C#N)cn2)C1CNC(=O)OC(C)(C)C. The first-order valence-corrected chi connectivity index (χ1v) is 8.40. The number of carbonyl (C=O) groups excluding carboxylic acids is 1. The highest BCUT2D eigenvalue weighted by molar-refractivity contribution is 5.67. The van der Waals surface area contributed by atoms with E-state index < -0.39 is 11.7 Å². The van der Waals surface area contributed by atoms with Gasteiger partial charge in [-0.05, 0) is 51.7 Å². The lowest BCUT2D eigenvalue weighted by Gasteiger charge is -2.41. The number of anilines is 1. The highest BCUT2D eigenvalue weighted by atomic mass is 16.6. The molecule has 1 aromatic heterocycles. The van der Waals surface area contributed by atoms with Crippen molar-refractivity contribution < 1.29 is 9.53 Å². The molecule has 0 bridgehead atoms. The van der Waals surface area contributed by atoms with Crippen molar-refractivity contribution in [1.82, 2.24) is 10.3 Å². The van der Waals surface area contributed by atoms with E-state index in [1.807, 2.05) is 26.8 Å². The summed E-state index contributed by atoms with van der Waals surface area (Å²) >= 11 is 0. The first kappa shape index (κ1) is 18.1. The second-order valence-electron chi connectivity index (χ2n) is 7.28. The summed E-state index contributed by atoms with van der Waals surface area (Å²) in [4.78, 5) is 18.6. The van der Waals surface area contributed by atoms with Crippen LogP contribution in [-0.4, -0.2) is 35.8 Å². The summed E-state index contributed by atoms with van der Waals surface area (Å²) in [6, 6.07) is 5.89. The van der Waals surface area contributed by atoms with Gasteiger partial charge in [-0.1, -0.05) is 6.92 Å². The number of ether oxygens (including phenoxy) is 1. The number of aromatic nitrogens is 1. The predicted octanol–water partition coefficient (Wildman–Crippen LogP) is 3.08. The second-order valence-corrected chi connectivity index (χ2v) is 7.28. The summed E-state index contributed by atoms with van der Waals surface area (Å²) in [5, 5.41) is 11.8. The highest BCUT2D eigenvalue weighted by Crippen LogP contribution is 2.27. The van der Waals surface area contributed by atoms with Crippen molar-refractivity contribution in [3.63, 3.8) is 0 Å². The van der Waals surface area contributed by atoms with Crippen molar-refractivity contribution in [3.8, 4) is 6.07 Å². The molecule has 0 radical (unpaired) electrons. The minimum absolute atomic E-state index is 0.159. The minimum Gasteiger partial charge on any atom is -0.444 e. The van der Waals surface area contributed by atoms with Crippen LogP contribution in [0.25, 0.3) is 0 Å². The monoisotopic (exact) mass is 330 g/mol. The Labute approximate surface area is 143 Å². The number of hydrogen-bond acceptors (Lipinski definition) is 5. The number of nitrogens with zero attached hydrogens (tertiary/aromatic N) is 3. The first-order chi connectivity index (χ1) is 11.3. The molecule has 1 N–H and O–H groups in total. The van der Waals surface area contributed by atoms with Gasteiger partial charge >= 0.3 is 6.09 Å². The molecule has 0 saturated carbocycles. The molecule has 0 spiro atoms. The van der Waals surface area contributed by atoms with E-state index in [2.05, 4.69) is 28.2 Å². The molecule has 6 nitrogen and oxygen atoms in total. The molecule has 0 aliphatic carbocycles. The number of pyridine rings is 1. The zero-order chi connectivity index (χ0) is 17.7. The molecule has 1 aliphatic heterocycles. The van der Waals surface area contributed by atoms with Crippen LogP contribution in [0.15, 0.2) is 18.3 Å². The van der Waals surface area contributed by atoms with E-state index in [4.69, 9.17) is 10.00 Å². The molecule has 1 aliphatic rings. The number of nitrogens with one attached hydrogen (secondary N) is 1. The van der Waals surface area contributed by atoms with E-state index in [0.29, 0.717) is 18.0 Å². The lowest BCUT2D eigenvalue weighted by molar-refractivity contribution is 0.0519. The lowest BCUT2D eigenvalue weighted by atomic mass is 9.90. The fourth-order valence-electron chi connectivity index (χ4n) is 2.97. The van der Waals surface area contributed by atoms with Crippen molar-refractivity contribution in [3.05, 3.63) is 23.9 Å². The van der Waals surface area contributed by atoms with Crippen molar-refractivity contribution in [1.29, 1.82) is 5.26 Å². The van der Waals surface area contributed by atoms with Gasteiger partial charge in [-0.2, -0.15) is 5.26 Å². The van der Waals surface area contributed by atoms with Crippen molar-refractivity contribution >= 4 is 11.9 Å². The van der Waals surface area contributed by atoms with Gasteiger partial charge in [0, 0.05) is 19.3 Å². The molecule has 2 heterocycles. The van der Waals surface area contributed by atoms with Gasteiger partial charge in [-0.3, -0.25) is 0 Å².